The van der Waals surface area contributed by atoms with Crippen LogP contribution in [0.5, 0.6) is 0 Å². The first-order valence-electron chi connectivity index (χ1n) is 11.3. The molecule has 3 heterocycles. The third kappa shape index (κ3) is 3.68. The molecule has 5 rings (SSSR count). The zero-order valence-electron chi connectivity index (χ0n) is 18.0. The Morgan fingerprint density at radius 3 is 2.52 bits per heavy atom. The molecule has 1 aromatic heterocycles. The number of aliphatic hydroxyl groups excluding tert-OH is 1. The normalized spacial score (nSPS) is 24.9. The summed E-state index contributed by atoms with van der Waals surface area (Å²) in [5.41, 5.74) is 3.31. The number of carbonyl (C=O) groups excluding carboxylic acids is 1. The maximum atomic E-state index is 12.7. The largest absolute Gasteiger partial charge is 0.395 e. The number of likely N-dealkylation sites (tertiary alicyclic amines) is 2. The first kappa shape index (κ1) is 20.3. The fourth-order valence-electron chi connectivity index (χ4n) is 5.46. The Kier molecular flexibility index (Phi) is 5.36. The Hall–Kier alpha value is -2.57. The predicted octanol–water partition coefficient (Wildman–Crippen LogP) is 2.85. The fraction of sp³-hybridized carbons (Fsp3) is 0.480. The molecule has 31 heavy (non-hydrogen) atoms. The van der Waals surface area contributed by atoms with Crippen molar-refractivity contribution in [3.05, 3.63) is 65.8 Å². The van der Waals surface area contributed by atoms with Crippen LogP contribution in [0.15, 0.2) is 49.1 Å². The summed E-state index contributed by atoms with van der Waals surface area (Å²) in [5, 5.41) is 10.3. The van der Waals surface area contributed by atoms with Crippen LogP contribution in [0.1, 0.15) is 48.8 Å². The molecule has 2 aliphatic heterocycles. The van der Waals surface area contributed by atoms with Crippen molar-refractivity contribution in [2.24, 2.45) is 5.92 Å². The third-order valence-corrected chi connectivity index (χ3v) is 7.19. The van der Waals surface area contributed by atoms with Gasteiger partial charge in [-0.15, -0.1) is 0 Å². The third-order valence-electron chi connectivity index (χ3n) is 7.19. The van der Waals surface area contributed by atoms with E-state index < -0.39 is 0 Å². The summed E-state index contributed by atoms with van der Waals surface area (Å²) < 4.78 is 0. The summed E-state index contributed by atoms with van der Waals surface area (Å²) in [6, 6.07) is 8.66. The molecule has 1 spiro atoms. The zero-order valence-corrected chi connectivity index (χ0v) is 18.0. The van der Waals surface area contributed by atoms with Crippen molar-refractivity contribution in [2.75, 3.05) is 19.7 Å². The summed E-state index contributed by atoms with van der Waals surface area (Å²) in [6.45, 7) is 4.24. The summed E-state index contributed by atoms with van der Waals surface area (Å²) in [6.07, 6.45) is 12.4. The van der Waals surface area contributed by atoms with Crippen LogP contribution in [0, 0.1) is 5.92 Å². The van der Waals surface area contributed by atoms with E-state index in [9.17, 15) is 9.90 Å². The molecule has 162 valence electrons. The highest BCUT2D eigenvalue weighted by Gasteiger charge is 2.66. The smallest absolute Gasteiger partial charge is 0.222 e. The van der Waals surface area contributed by atoms with E-state index in [1.807, 2.05) is 30.3 Å². The Balaban J connectivity index is 1.40. The van der Waals surface area contributed by atoms with Crippen LogP contribution in [-0.2, 0) is 11.3 Å². The number of hydrogen-bond acceptors (Lipinski definition) is 5. The number of benzene rings is 1. The van der Waals surface area contributed by atoms with Gasteiger partial charge in [0.05, 0.1) is 12.1 Å². The molecule has 1 N–H and O–H groups in total. The Morgan fingerprint density at radius 1 is 1.19 bits per heavy atom. The van der Waals surface area contributed by atoms with Gasteiger partial charge in [-0.25, -0.2) is 9.97 Å². The number of hydrogen-bond donors (Lipinski definition) is 1. The molecule has 2 aromatic rings. The second-order valence-electron chi connectivity index (χ2n) is 9.27. The monoisotopic (exact) mass is 418 g/mol. The van der Waals surface area contributed by atoms with Crippen molar-refractivity contribution >= 4 is 12.0 Å². The second kappa shape index (κ2) is 8.17. The van der Waals surface area contributed by atoms with Crippen molar-refractivity contribution in [1.82, 2.24) is 19.8 Å². The van der Waals surface area contributed by atoms with Crippen LogP contribution < -0.4 is 0 Å². The lowest BCUT2D eigenvalue weighted by molar-refractivity contribution is -0.200. The number of rotatable bonds is 7. The molecule has 0 bridgehead atoms. The van der Waals surface area contributed by atoms with E-state index in [4.69, 9.17) is 0 Å². The summed E-state index contributed by atoms with van der Waals surface area (Å²) in [7, 11) is 0. The van der Waals surface area contributed by atoms with Gasteiger partial charge in [0, 0.05) is 56.0 Å². The fourth-order valence-corrected chi connectivity index (χ4v) is 5.46. The van der Waals surface area contributed by atoms with Gasteiger partial charge in [-0.3, -0.25) is 9.69 Å². The van der Waals surface area contributed by atoms with E-state index in [1.54, 1.807) is 0 Å². The molecule has 6 heteroatoms. The SMILES string of the molecule is CC=Cc1ccc([C@@H]2[C@H](CO)N(Cc3cncnc3)C23CN(C(=O)CC2CC2)C3)cc1. The molecule has 3 aliphatic rings. The molecule has 0 radical (unpaired) electrons. The molecule has 0 unspecified atom stereocenters. The number of aromatic nitrogens is 2. The highest BCUT2D eigenvalue weighted by Crippen LogP contribution is 2.54. The van der Waals surface area contributed by atoms with Gasteiger partial charge in [0.15, 0.2) is 0 Å². The first-order valence-corrected chi connectivity index (χ1v) is 11.3. The average Bonchev–Trinajstić information content (AvgIpc) is 3.56. The second-order valence-corrected chi connectivity index (χ2v) is 9.27. The number of amides is 1. The quantitative estimate of drug-likeness (QED) is 0.749. The number of carbonyl (C=O) groups is 1. The number of nitrogens with zero attached hydrogens (tertiary/aromatic N) is 4. The number of aliphatic hydroxyl groups is 1. The van der Waals surface area contributed by atoms with Gasteiger partial charge < -0.3 is 10.0 Å². The molecule has 1 saturated carbocycles. The van der Waals surface area contributed by atoms with Crippen LogP contribution >= 0.6 is 0 Å². The minimum Gasteiger partial charge on any atom is -0.395 e. The molecule has 1 aromatic carbocycles. The minimum atomic E-state index is -0.134. The van der Waals surface area contributed by atoms with Gasteiger partial charge in [0.25, 0.3) is 0 Å². The van der Waals surface area contributed by atoms with E-state index >= 15 is 0 Å². The van der Waals surface area contributed by atoms with Crippen LogP contribution in [-0.4, -0.2) is 62.1 Å². The minimum absolute atomic E-state index is 0.0217. The topological polar surface area (TPSA) is 69.6 Å². The van der Waals surface area contributed by atoms with E-state index in [2.05, 4.69) is 45.2 Å². The van der Waals surface area contributed by atoms with Gasteiger partial charge in [-0.1, -0.05) is 36.4 Å². The molecule has 2 saturated heterocycles. The van der Waals surface area contributed by atoms with Crippen molar-refractivity contribution in [1.29, 1.82) is 0 Å². The molecular formula is C25H30N4O2. The van der Waals surface area contributed by atoms with Crippen LogP contribution in [0.25, 0.3) is 6.08 Å². The summed E-state index contributed by atoms with van der Waals surface area (Å²) in [4.78, 5) is 25.4. The van der Waals surface area contributed by atoms with Gasteiger partial charge in [0.2, 0.25) is 5.91 Å². The zero-order chi connectivity index (χ0) is 21.4. The van der Waals surface area contributed by atoms with Crippen molar-refractivity contribution in [3.8, 4) is 0 Å². The highest BCUT2D eigenvalue weighted by molar-refractivity contribution is 5.78. The van der Waals surface area contributed by atoms with Crippen molar-refractivity contribution < 1.29 is 9.90 Å². The maximum Gasteiger partial charge on any atom is 0.222 e. The van der Waals surface area contributed by atoms with E-state index in [1.165, 1.54) is 30.3 Å². The molecule has 1 aliphatic carbocycles. The molecular weight excluding hydrogens is 388 g/mol. The Labute approximate surface area is 183 Å². The van der Waals surface area contributed by atoms with Gasteiger partial charge >= 0.3 is 0 Å². The van der Waals surface area contributed by atoms with Gasteiger partial charge in [-0.2, -0.15) is 0 Å². The van der Waals surface area contributed by atoms with E-state index in [0.29, 0.717) is 18.9 Å². The van der Waals surface area contributed by atoms with Crippen molar-refractivity contribution in [3.63, 3.8) is 0 Å². The van der Waals surface area contributed by atoms with E-state index in [-0.39, 0.29) is 30.0 Å². The Morgan fingerprint density at radius 2 is 1.90 bits per heavy atom. The van der Waals surface area contributed by atoms with Crippen LogP contribution in [0.4, 0.5) is 0 Å². The standard InChI is InChI=1S/C25H30N4O2/c1-2-3-18-6-8-21(9-7-18)24-22(14-30)29(13-20-11-26-17-27-12-20)25(24)15-28(16-25)23(31)10-19-4-5-19/h2-3,6-9,11-12,17,19,22,24,30H,4-5,10,13-16H2,1H3/t22-,24+/m0/s1. The molecule has 6 nitrogen and oxygen atoms in total. The van der Waals surface area contributed by atoms with Crippen molar-refractivity contribution in [2.45, 2.75) is 50.2 Å². The summed E-state index contributed by atoms with van der Waals surface area (Å²) >= 11 is 0. The summed E-state index contributed by atoms with van der Waals surface area (Å²) in [5.74, 6) is 1.08. The lowest BCUT2D eigenvalue weighted by Crippen LogP contribution is -2.84. The first-order chi connectivity index (χ1) is 15.1. The lowest BCUT2D eigenvalue weighted by atomic mass is 9.60. The van der Waals surface area contributed by atoms with Gasteiger partial charge in [0.1, 0.15) is 6.33 Å². The van der Waals surface area contributed by atoms with Gasteiger partial charge in [-0.05, 0) is 36.8 Å². The lowest BCUT2D eigenvalue weighted by Gasteiger charge is -2.70. The average molecular weight is 419 g/mol. The molecule has 2 atom stereocenters. The van der Waals surface area contributed by atoms with Crippen LogP contribution in [0.3, 0.4) is 0 Å². The maximum absolute atomic E-state index is 12.7. The van der Waals surface area contributed by atoms with E-state index in [0.717, 1.165) is 18.7 Å². The van der Waals surface area contributed by atoms with Crippen LogP contribution in [0.2, 0.25) is 0 Å². The Bertz CT molecular complexity index is 949. The highest BCUT2D eigenvalue weighted by atomic mass is 16.3. The molecule has 3 fully saturated rings. The molecule has 1 amide bonds. The number of allylic oxidation sites excluding steroid dienone is 1. The predicted molar refractivity (Wildman–Crippen MR) is 119 cm³/mol.